The van der Waals surface area contributed by atoms with Crippen molar-refractivity contribution in [2.45, 2.75) is 12.3 Å². The number of hydrogen-bond donors (Lipinski definition) is 0. The van der Waals surface area contributed by atoms with Gasteiger partial charge in [0.2, 0.25) is 0 Å². The van der Waals surface area contributed by atoms with Gasteiger partial charge < -0.3 is 4.74 Å². The Kier molecular flexibility index (Phi) is 5.82. The van der Waals surface area contributed by atoms with Gasteiger partial charge in [-0.05, 0) is 12.5 Å². The van der Waals surface area contributed by atoms with Crippen molar-refractivity contribution in [3.63, 3.8) is 0 Å². The fraction of sp³-hybridized carbons (Fsp3) is 0.167. The molecule has 0 heterocycles. The molecule has 3 nitrogen and oxygen atoms in total. The highest BCUT2D eigenvalue weighted by Gasteiger charge is 2.36. The van der Waals surface area contributed by atoms with Crippen LogP contribution in [0.15, 0.2) is 96.0 Å². The largest absolute Gasteiger partial charge is 0.468 e. The Morgan fingerprint density at radius 1 is 0.815 bits per heavy atom. The summed E-state index contributed by atoms with van der Waals surface area (Å²) >= 11 is 0. The van der Waals surface area contributed by atoms with Crippen LogP contribution in [0.25, 0.3) is 0 Å². The zero-order valence-corrected chi connectivity index (χ0v) is 15.6. The summed E-state index contributed by atoms with van der Waals surface area (Å²) in [5, 5.41) is 0. The average Bonchev–Trinajstić information content (AvgIpc) is 2.75. The van der Waals surface area contributed by atoms with Crippen molar-refractivity contribution < 1.29 is 9.53 Å². The summed E-state index contributed by atoms with van der Waals surface area (Å²) in [5.74, 6) is -0.294. The third-order valence-electron chi connectivity index (χ3n) is 4.69. The summed E-state index contributed by atoms with van der Waals surface area (Å²) in [6.07, 6.45) is 0. The summed E-state index contributed by atoms with van der Waals surface area (Å²) < 4.78 is 5.11. The first-order valence-electron chi connectivity index (χ1n) is 8.94. The maximum absolute atomic E-state index is 12.6. The molecule has 0 unspecified atom stereocenters. The van der Waals surface area contributed by atoms with Crippen LogP contribution in [0.1, 0.15) is 23.6 Å². The molecule has 136 valence electrons. The summed E-state index contributed by atoms with van der Waals surface area (Å²) in [7, 11) is 1.42. The Morgan fingerprint density at radius 3 is 1.70 bits per heavy atom. The maximum atomic E-state index is 12.6. The number of esters is 1. The fourth-order valence-corrected chi connectivity index (χ4v) is 3.08. The number of nitrogens with zero attached hydrogens (tertiary/aromatic N) is 1. The molecular weight excluding hydrogens is 334 g/mol. The van der Waals surface area contributed by atoms with Gasteiger partial charge in [-0.3, -0.25) is 9.79 Å². The number of carbonyl (C=O) groups is 1. The van der Waals surface area contributed by atoms with Gasteiger partial charge in [0.15, 0.2) is 0 Å². The second kappa shape index (κ2) is 8.45. The standard InChI is InChI=1S/C24H23NO2/c1-24(23(26)27-2,21-16-10-5-11-17-21)18-25-22(19-12-6-3-7-13-19)20-14-8-4-9-15-20/h3-17H,18H2,1-2H3/t24-/m1/s1. The molecule has 0 aliphatic heterocycles. The van der Waals surface area contributed by atoms with Crippen LogP contribution >= 0.6 is 0 Å². The topological polar surface area (TPSA) is 38.7 Å². The fourth-order valence-electron chi connectivity index (χ4n) is 3.08. The van der Waals surface area contributed by atoms with E-state index in [0.717, 1.165) is 22.4 Å². The second-order valence-electron chi connectivity index (χ2n) is 6.59. The second-order valence-corrected chi connectivity index (χ2v) is 6.59. The van der Waals surface area contributed by atoms with Crippen LogP contribution in [0.5, 0.6) is 0 Å². The van der Waals surface area contributed by atoms with Gasteiger partial charge in [0, 0.05) is 11.1 Å². The number of hydrogen-bond acceptors (Lipinski definition) is 3. The molecule has 0 aliphatic rings. The van der Waals surface area contributed by atoms with E-state index < -0.39 is 5.41 Å². The molecule has 1 atom stereocenters. The highest BCUT2D eigenvalue weighted by Crippen LogP contribution is 2.26. The number of aliphatic imine (C=N–C) groups is 1. The number of benzene rings is 3. The van der Waals surface area contributed by atoms with E-state index in [1.807, 2.05) is 97.9 Å². The SMILES string of the molecule is COC(=O)[C@](C)(CN=C(c1ccccc1)c1ccccc1)c1ccccc1. The minimum Gasteiger partial charge on any atom is -0.468 e. The van der Waals surface area contributed by atoms with E-state index in [-0.39, 0.29) is 5.97 Å². The molecule has 3 aromatic rings. The predicted octanol–water partition coefficient (Wildman–Crippen LogP) is 4.65. The van der Waals surface area contributed by atoms with Crippen LogP contribution in [0.4, 0.5) is 0 Å². The van der Waals surface area contributed by atoms with E-state index in [1.165, 1.54) is 7.11 Å². The Balaban J connectivity index is 2.05. The molecule has 0 amide bonds. The van der Waals surface area contributed by atoms with E-state index >= 15 is 0 Å². The smallest absolute Gasteiger partial charge is 0.317 e. The predicted molar refractivity (Wildman–Crippen MR) is 109 cm³/mol. The Bertz CT molecular complexity index is 863. The monoisotopic (exact) mass is 357 g/mol. The number of carbonyl (C=O) groups excluding carboxylic acids is 1. The first-order valence-corrected chi connectivity index (χ1v) is 8.94. The van der Waals surface area contributed by atoms with Gasteiger partial charge in [0.05, 0.1) is 19.4 Å². The van der Waals surface area contributed by atoms with Crippen molar-refractivity contribution in [2.24, 2.45) is 4.99 Å². The molecule has 27 heavy (non-hydrogen) atoms. The zero-order chi connectivity index (χ0) is 19.1. The molecule has 0 bridgehead atoms. The van der Waals surface area contributed by atoms with Crippen LogP contribution in [0.2, 0.25) is 0 Å². The van der Waals surface area contributed by atoms with E-state index in [1.54, 1.807) is 0 Å². The van der Waals surface area contributed by atoms with Crippen molar-refractivity contribution in [3.8, 4) is 0 Å². The summed E-state index contributed by atoms with van der Waals surface area (Å²) in [4.78, 5) is 17.5. The lowest BCUT2D eigenvalue weighted by Gasteiger charge is -2.26. The van der Waals surface area contributed by atoms with Gasteiger partial charge in [-0.1, -0.05) is 91.0 Å². The molecule has 0 fully saturated rings. The molecular formula is C24H23NO2. The van der Waals surface area contributed by atoms with Crippen LogP contribution in [0, 0.1) is 0 Å². The van der Waals surface area contributed by atoms with E-state index in [9.17, 15) is 4.79 Å². The highest BCUT2D eigenvalue weighted by atomic mass is 16.5. The van der Waals surface area contributed by atoms with Crippen LogP contribution in [-0.2, 0) is 14.9 Å². The van der Waals surface area contributed by atoms with Gasteiger partial charge in [-0.15, -0.1) is 0 Å². The summed E-state index contributed by atoms with van der Waals surface area (Å²) in [6.45, 7) is 2.17. The van der Waals surface area contributed by atoms with E-state index in [2.05, 4.69) is 0 Å². The Hall–Kier alpha value is -3.20. The van der Waals surface area contributed by atoms with E-state index in [4.69, 9.17) is 9.73 Å². The van der Waals surface area contributed by atoms with Crippen LogP contribution in [-0.4, -0.2) is 25.3 Å². The van der Waals surface area contributed by atoms with Crippen molar-refractivity contribution in [1.82, 2.24) is 0 Å². The molecule has 0 radical (unpaired) electrons. The van der Waals surface area contributed by atoms with Gasteiger partial charge in [0.1, 0.15) is 5.41 Å². The van der Waals surface area contributed by atoms with Gasteiger partial charge in [-0.25, -0.2) is 0 Å². The van der Waals surface area contributed by atoms with Crippen LogP contribution < -0.4 is 0 Å². The molecule has 0 saturated carbocycles. The minimum absolute atomic E-state index is 0.294. The number of ether oxygens (including phenoxy) is 1. The molecule has 0 saturated heterocycles. The van der Waals surface area contributed by atoms with Crippen molar-refractivity contribution >= 4 is 11.7 Å². The first-order chi connectivity index (χ1) is 13.1. The number of methoxy groups -OCH3 is 1. The first kappa shape index (κ1) is 18.6. The minimum atomic E-state index is -0.856. The third-order valence-corrected chi connectivity index (χ3v) is 4.69. The lowest BCUT2D eigenvalue weighted by Crippen LogP contribution is -2.37. The zero-order valence-electron chi connectivity index (χ0n) is 15.6. The lowest BCUT2D eigenvalue weighted by molar-refractivity contribution is -0.146. The van der Waals surface area contributed by atoms with Gasteiger partial charge in [0.25, 0.3) is 0 Å². The van der Waals surface area contributed by atoms with Gasteiger partial charge >= 0.3 is 5.97 Å². The highest BCUT2D eigenvalue weighted by molar-refractivity contribution is 6.13. The molecule has 3 rings (SSSR count). The Morgan fingerprint density at radius 2 is 1.26 bits per heavy atom. The quantitative estimate of drug-likeness (QED) is 0.476. The van der Waals surface area contributed by atoms with Crippen molar-refractivity contribution in [3.05, 3.63) is 108 Å². The third kappa shape index (κ3) is 4.14. The molecule has 0 spiro atoms. The molecule has 0 aliphatic carbocycles. The normalized spacial score (nSPS) is 12.7. The number of rotatable bonds is 6. The van der Waals surface area contributed by atoms with Crippen LogP contribution in [0.3, 0.4) is 0 Å². The summed E-state index contributed by atoms with van der Waals surface area (Å²) in [5.41, 5.74) is 2.93. The maximum Gasteiger partial charge on any atom is 0.317 e. The molecule has 0 N–H and O–H groups in total. The Labute approximate surface area is 160 Å². The molecule has 0 aromatic heterocycles. The lowest BCUT2D eigenvalue weighted by atomic mass is 9.82. The van der Waals surface area contributed by atoms with E-state index in [0.29, 0.717) is 6.54 Å². The van der Waals surface area contributed by atoms with Crippen molar-refractivity contribution in [1.29, 1.82) is 0 Å². The van der Waals surface area contributed by atoms with Crippen molar-refractivity contribution in [2.75, 3.05) is 13.7 Å². The van der Waals surface area contributed by atoms with Gasteiger partial charge in [-0.2, -0.15) is 0 Å². The molecule has 3 heteroatoms. The average molecular weight is 357 g/mol. The molecule has 3 aromatic carbocycles. The summed E-state index contributed by atoms with van der Waals surface area (Å²) in [6, 6.07) is 29.7.